The number of alkyl halides is 1. The van der Waals surface area contributed by atoms with Crippen LogP contribution in [0, 0.1) is 0 Å². The molecule has 0 aliphatic carbocycles. The molecule has 0 bridgehead atoms. The predicted octanol–water partition coefficient (Wildman–Crippen LogP) is 2.92. The van der Waals surface area contributed by atoms with Crippen LogP contribution in [0.1, 0.15) is 5.56 Å². The molecule has 2 aliphatic heterocycles. The average molecular weight is 297 g/mol. The highest BCUT2D eigenvalue weighted by Gasteiger charge is 2.28. The molecule has 2 aliphatic rings. The first-order chi connectivity index (χ1) is 7.88. The van der Waals surface area contributed by atoms with Crippen LogP contribution >= 0.6 is 27.7 Å². The summed E-state index contributed by atoms with van der Waals surface area (Å²) in [6.07, 6.45) is 1.15. The minimum absolute atomic E-state index is 0.614. The third kappa shape index (κ3) is 1.78. The molecule has 84 valence electrons. The Labute approximate surface area is 108 Å². The number of thioether (sulfide) groups is 1. The fraction of sp³-hybridized carbons (Fsp3) is 0.417. The van der Waals surface area contributed by atoms with Gasteiger partial charge in [-0.3, -0.25) is 4.99 Å². The van der Waals surface area contributed by atoms with Crippen molar-refractivity contribution in [3.8, 4) is 0 Å². The number of halogens is 1. The van der Waals surface area contributed by atoms with E-state index in [-0.39, 0.29) is 0 Å². The second-order valence-corrected chi connectivity index (χ2v) is 5.96. The summed E-state index contributed by atoms with van der Waals surface area (Å²) in [5.74, 6) is 0. The molecule has 0 fully saturated rings. The van der Waals surface area contributed by atoms with Crippen LogP contribution in [0.15, 0.2) is 29.3 Å². The minimum Gasteiger partial charge on any atom is -0.321 e. The van der Waals surface area contributed by atoms with Gasteiger partial charge in [-0.05, 0) is 18.1 Å². The fourth-order valence-electron chi connectivity index (χ4n) is 2.17. The molecule has 0 spiro atoms. The summed E-state index contributed by atoms with van der Waals surface area (Å²) in [6.45, 7) is 2.03. The van der Waals surface area contributed by atoms with Gasteiger partial charge >= 0.3 is 0 Å². The van der Waals surface area contributed by atoms with Gasteiger partial charge in [0.1, 0.15) is 0 Å². The zero-order chi connectivity index (χ0) is 11.0. The van der Waals surface area contributed by atoms with Gasteiger partial charge in [-0.15, -0.1) is 0 Å². The molecule has 1 atom stereocenters. The summed E-state index contributed by atoms with van der Waals surface area (Å²) in [5, 5.41) is 2.84. The standard InChI is InChI=1S/C12H13BrN2S/c13-7-10-8-14-12(16-10)15-6-5-9-3-1-2-4-11(9)15/h1-4,10H,5-8H2. The second-order valence-electron chi connectivity index (χ2n) is 4.05. The van der Waals surface area contributed by atoms with Crippen LogP contribution in [-0.4, -0.2) is 28.8 Å². The second kappa shape index (κ2) is 4.41. The number of hydrogen-bond acceptors (Lipinski definition) is 3. The molecule has 0 radical (unpaired) electrons. The summed E-state index contributed by atoms with van der Waals surface area (Å²) in [7, 11) is 0. The van der Waals surface area contributed by atoms with E-state index >= 15 is 0 Å². The van der Waals surface area contributed by atoms with Crippen molar-refractivity contribution in [1.82, 2.24) is 0 Å². The smallest absolute Gasteiger partial charge is 0.164 e. The van der Waals surface area contributed by atoms with E-state index in [1.165, 1.54) is 16.4 Å². The number of benzene rings is 1. The Morgan fingerprint density at radius 1 is 1.44 bits per heavy atom. The molecule has 0 amide bonds. The highest BCUT2D eigenvalue weighted by atomic mass is 79.9. The number of fused-ring (bicyclic) bond motifs is 1. The Kier molecular flexibility index (Phi) is 2.94. The normalized spacial score (nSPS) is 23.4. The highest BCUT2D eigenvalue weighted by Crippen LogP contribution is 2.33. The van der Waals surface area contributed by atoms with Gasteiger partial charge in [-0.1, -0.05) is 45.9 Å². The Balaban J connectivity index is 1.84. The third-order valence-corrected chi connectivity index (χ3v) is 5.41. The number of anilines is 1. The van der Waals surface area contributed by atoms with Crippen LogP contribution in [0.4, 0.5) is 5.69 Å². The lowest BCUT2D eigenvalue weighted by Crippen LogP contribution is -2.25. The largest absolute Gasteiger partial charge is 0.321 e. The molecule has 1 aromatic rings. The monoisotopic (exact) mass is 296 g/mol. The van der Waals surface area contributed by atoms with Crippen molar-refractivity contribution in [3.05, 3.63) is 29.8 Å². The summed E-state index contributed by atoms with van der Waals surface area (Å²) < 4.78 is 0. The van der Waals surface area contributed by atoms with Crippen molar-refractivity contribution < 1.29 is 0 Å². The molecule has 0 aromatic heterocycles. The van der Waals surface area contributed by atoms with Gasteiger partial charge < -0.3 is 4.90 Å². The maximum Gasteiger partial charge on any atom is 0.164 e. The van der Waals surface area contributed by atoms with E-state index in [2.05, 4.69) is 50.1 Å². The summed E-state index contributed by atoms with van der Waals surface area (Å²) >= 11 is 5.43. The van der Waals surface area contributed by atoms with Crippen LogP contribution < -0.4 is 4.90 Å². The number of hydrogen-bond donors (Lipinski definition) is 0. The van der Waals surface area contributed by atoms with Gasteiger partial charge in [-0.2, -0.15) is 0 Å². The molecular formula is C12H13BrN2S. The van der Waals surface area contributed by atoms with Crippen LogP contribution in [0.5, 0.6) is 0 Å². The maximum atomic E-state index is 4.64. The van der Waals surface area contributed by atoms with E-state index in [4.69, 9.17) is 0 Å². The van der Waals surface area contributed by atoms with Crippen molar-refractivity contribution in [2.24, 2.45) is 4.99 Å². The molecule has 2 heterocycles. The zero-order valence-electron chi connectivity index (χ0n) is 8.90. The molecule has 2 nitrogen and oxygen atoms in total. The first kappa shape index (κ1) is 10.7. The lowest BCUT2D eigenvalue weighted by molar-refractivity contribution is 0.980. The minimum atomic E-state index is 0.614. The Bertz CT molecular complexity index is 433. The lowest BCUT2D eigenvalue weighted by atomic mass is 10.2. The Morgan fingerprint density at radius 2 is 2.31 bits per heavy atom. The van der Waals surface area contributed by atoms with E-state index in [1.54, 1.807) is 0 Å². The number of amidine groups is 1. The SMILES string of the molecule is BrCC1CN=C(N2CCc3ccccc32)S1. The van der Waals surface area contributed by atoms with Crippen molar-refractivity contribution >= 4 is 38.5 Å². The van der Waals surface area contributed by atoms with E-state index in [0.29, 0.717) is 5.25 Å². The van der Waals surface area contributed by atoms with Gasteiger partial charge in [0.25, 0.3) is 0 Å². The van der Waals surface area contributed by atoms with Crippen molar-refractivity contribution in [2.45, 2.75) is 11.7 Å². The lowest BCUT2D eigenvalue weighted by Gasteiger charge is -2.18. The molecule has 1 aromatic carbocycles. The summed E-state index contributed by atoms with van der Waals surface area (Å²) in [4.78, 5) is 7.01. The average Bonchev–Trinajstić information content (AvgIpc) is 2.94. The zero-order valence-corrected chi connectivity index (χ0v) is 11.3. The number of para-hydroxylation sites is 1. The molecule has 16 heavy (non-hydrogen) atoms. The van der Waals surface area contributed by atoms with Gasteiger partial charge in [0.2, 0.25) is 0 Å². The van der Waals surface area contributed by atoms with E-state index < -0.39 is 0 Å². The van der Waals surface area contributed by atoms with Crippen LogP contribution in [-0.2, 0) is 6.42 Å². The number of rotatable bonds is 1. The van der Waals surface area contributed by atoms with Crippen molar-refractivity contribution in [3.63, 3.8) is 0 Å². The molecule has 4 heteroatoms. The first-order valence-electron chi connectivity index (χ1n) is 5.51. The Morgan fingerprint density at radius 3 is 3.12 bits per heavy atom. The van der Waals surface area contributed by atoms with Crippen LogP contribution in [0.2, 0.25) is 0 Å². The van der Waals surface area contributed by atoms with Crippen LogP contribution in [0.25, 0.3) is 0 Å². The molecule has 3 rings (SSSR count). The van der Waals surface area contributed by atoms with Crippen molar-refractivity contribution in [1.29, 1.82) is 0 Å². The number of aliphatic imine (C=N–C) groups is 1. The Hall–Kier alpha value is -0.480. The van der Waals surface area contributed by atoms with E-state index in [9.17, 15) is 0 Å². The summed E-state index contributed by atoms with van der Waals surface area (Å²) in [5.41, 5.74) is 2.80. The molecule has 0 saturated carbocycles. The van der Waals surface area contributed by atoms with Crippen molar-refractivity contribution in [2.75, 3.05) is 23.3 Å². The third-order valence-electron chi connectivity index (χ3n) is 2.99. The molecule has 1 unspecified atom stereocenters. The van der Waals surface area contributed by atoms with Gasteiger partial charge in [0.05, 0.1) is 6.54 Å². The number of nitrogens with zero attached hydrogens (tertiary/aromatic N) is 2. The maximum absolute atomic E-state index is 4.64. The summed E-state index contributed by atoms with van der Waals surface area (Å²) in [6, 6.07) is 8.65. The first-order valence-corrected chi connectivity index (χ1v) is 7.51. The quantitative estimate of drug-likeness (QED) is 0.741. The van der Waals surface area contributed by atoms with Gasteiger partial charge in [-0.25, -0.2) is 0 Å². The molecule has 0 N–H and O–H groups in total. The van der Waals surface area contributed by atoms with Gasteiger partial charge in [0, 0.05) is 22.8 Å². The predicted molar refractivity (Wildman–Crippen MR) is 75.0 cm³/mol. The van der Waals surface area contributed by atoms with E-state index in [1.807, 2.05) is 11.8 Å². The fourth-order valence-corrected chi connectivity index (χ4v) is 3.75. The molecular weight excluding hydrogens is 284 g/mol. The van der Waals surface area contributed by atoms with Gasteiger partial charge in [0.15, 0.2) is 5.17 Å². The molecule has 0 saturated heterocycles. The van der Waals surface area contributed by atoms with E-state index in [0.717, 1.165) is 24.8 Å². The van der Waals surface area contributed by atoms with Crippen LogP contribution in [0.3, 0.4) is 0 Å². The highest BCUT2D eigenvalue weighted by molar-refractivity contribution is 9.09. The topological polar surface area (TPSA) is 15.6 Å².